The number of hydrogen-bond donors (Lipinski definition) is 1. The molecule has 21 heavy (non-hydrogen) atoms. The highest BCUT2D eigenvalue weighted by Crippen LogP contribution is 2.33. The van der Waals surface area contributed by atoms with Gasteiger partial charge in [0.05, 0.1) is 6.04 Å². The maximum absolute atomic E-state index is 13.3. The summed E-state index contributed by atoms with van der Waals surface area (Å²) in [5.41, 5.74) is 4.06. The molecule has 2 aromatic carbocycles. The fraction of sp³-hybridized carbons (Fsp3) is 0.294. The van der Waals surface area contributed by atoms with Gasteiger partial charge in [-0.1, -0.05) is 42.3 Å². The molecule has 1 nitrogen and oxygen atoms in total. The van der Waals surface area contributed by atoms with Gasteiger partial charge in [-0.3, -0.25) is 0 Å². The smallest absolute Gasteiger partial charge is 0.124 e. The molecule has 1 unspecified atom stereocenters. The van der Waals surface area contributed by atoms with Crippen LogP contribution < -0.4 is 5.32 Å². The number of aryl methyl sites for hydroxylation is 2. The molecule has 112 valence electrons. The summed E-state index contributed by atoms with van der Waals surface area (Å²) in [5, 5.41) is 4.58. The van der Waals surface area contributed by atoms with Crippen LogP contribution in [0.4, 0.5) is 4.39 Å². The Morgan fingerprint density at radius 2 is 1.71 bits per heavy atom. The van der Waals surface area contributed by atoms with Gasteiger partial charge in [0.2, 0.25) is 0 Å². The van der Waals surface area contributed by atoms with Crippen LogP contribution in [-0.4, -0.2) is 6.54 Å². The van der Waals surface area contributed by atoms with E-state index in [2.05, 4.69) is 11.4 Å². The fourth-order valence-electron chi connectivity index (χ4n) is 2.44. The summed E-state index contributed by atoms with van der Waals surface area (Å²) in [7, 11) is 0. The van der Waals surface area contributed by atoms with Crippen molar-refractivity contribution in [2.45, 2.75) is 26.8 Å². The Morgan fingerprint density at radius 3 is 2.33 bits per heavy atom. The van der Waals surface area contributed by atoms with Crippen molar-refractivity contribution in [3.05, 3.63) is 68.4 Å². The predicted octanol–water partition coefficient (Wildman–Crippen LogP) is 5.45. The first kappa shape index (κ1) is 16.3. The molecule has 0 aliphatic heterocycles. The van der Waals surface area contributed by atoms with Crippen molar-refractivity contribution in [3.8, 4) is 0 Å². The van der Waals surface area contributed by atoms with Crippen molar-refractivity contribution in [2.24, 2.45) is 0 Å². The second-order valence-corrected chi connectivity index (χ2v) is 5.93. The van der Waals surface area contributed by atoms with Crippen LogP contribution in [0.1, 0.15) is 35.2 Å². The van der Waals surface area contributed by atoms with Gasteiger partial charge in [-0.2, -0.15) is 0 Å². The molecule has 0 heterocycles. The van der Waals surface area contributed by atoms with E-state index in [1.165, 1.54) is 12.1 Å². The first-order valence-corrected chi connectivity index (χ1v) is 7.64. The van der Waals surface area contributed by atoms with E-state index in [0.717, 1.165) is 33.8 Å². The minimum absolute atomic E-state index is 0.0842. The molecular weight excluding hydrogens is 308 g/mol. The van der Waals surface area contributed by atoms with Crippen molar-refractivity contribution in [3.63, 3.8) is 0 Å². The Labute approximate surface area is 135 Å². The van der Waals surface area contributed by atoms with Crippen molar-refractivity contribution in [2.75, 3.05) is 6.54 Å². The molecule has 0 aromatic heterocycles. The molecule has 0 aliphatic rings. The zero-order valence-corrected chi connectivity index (χ0v) is 13.8. The van der Waals surface area contributed by atoms with Crippen LogP contribution in [0.5, 0.6) is 0 Å². The van der Waals surface area contributed by atoms with Crippen molar-refractivity contribution < 1.29 is 4.39 Å². The summed E-state index contributed by atoms with van der Waals surface area (Å²) in [5.74, 6) is -0.331. The van der Waals surface area contributed by atoms with Crippen LogP contribution in [0, 0.1) is 19.7 Å². The van der Waals surface area contributed by atoms with Crippen LogP contribution in [0.2, 0.25) is 10.0 Å². The van der Waals surface area contributed by atoms with Gasteiger partial charge in [0, 0.05) is 10.0 Å². The lowest BCUT2D eigenvalue weighted by Crippen LogP contribution is -2.23. The lowest BCUT2D eigenvalue weighted by atomic mass is 9.93. The Bertz CT molecular complexity index is 655. The third-order valence-electron chi connectivity index (χ3n) is 3.54. The molecule has 0 amide bonds. The van der Waals surface area contributed by atoms with Crippen LogP contribution in [0.25, 0.3) is 0 Å². The largest absolute Gasteiger partial charge is 0.306 e. The van der Waals surface area contributed by atoms with Crippen molar-refractivity contribution >= 4 is 23.2 Å². The molecule has 0 saturated carbocycles. The first-order valence-electron chi connectivity index (χ1n) is 6.89. The van der Waals surface area contributed by atoms with E-state index >= 15 is 0 Å². The summed E-state index contributed by atoms with van der Waals surface area (Å²) in [6, 6.07) is 8.44. The predicted molar refractivity (Wildman–Crippen MR) is 87.9 cm³/mol. The quantitative estimate of drug-likeness (QED) is 0.788. The van der Waals surface area contributed by atoms with E-state index < -0.39 is 0 Å². The maximum Gasteiger partial charge on any atom is 0.124 e. The van der Waals surface area contributed by atoms with Gasteiger partial charge >= 0.3 is 0 Å². The number of hydrogen-bond acceptors (Lipinski definition) is 1. The minimum atomic E-state index is -0.331. The zero-order chi connectivity index (χ0) is 15.6. The standard InChI is InChI=1S/C17H18Cl2FN/c1-4-21-17(13-6-5-12(20)9-16(13)19)14-7-11(3)15(18)8-10(14)2/h5-9,17,21H,4H2,1-3H3. The van der Waals surface area contributed by atoms with Crippen LogP contribution >= 0.6 is 23.2 Å². The summed E-state index contributed by atoms with van der Waals surface area (Å²) < 4.78 is 13.3. The second kappa shape index (κ2) is 6.78. The molecule has 2 aromatic rings. The molecule has 4 heteroatoms. The second-order valence-electron chi connectivity index (χ2n) is 5.11. The SMILES string of the molecule is CCNC(c1cc(C)c(Cl)cc1C)c1ccc(F)cc1Cl. The van der Waals surface area contributed by atoms with E-state index in [0.29, 0.717) is 5.02 Å². The van der Waals surface area contributed by atoms with Gasteiger partial charge < -0.3 is 5.32 Å². The number of halogens is 3. The highest BCUT2D eigenvalue weighted by Gasteiger charge is 2.19. The van der Waals surface area contributed by atoms with Gasteiger partial charge in [0.1, 0.15) is 5.82 Å². The Kier molecular flexibility index (Phi) is 5.26. The summed E-state index contributed by atoms with van der Waals surface area (Å²) >= 11 is 12.4. The lowest BCUT2D eigenvalue weighted by molar-refractivity contribution is 0.612. The minimum Gasteiger partial charge on any atom is -0.306 e. The lowest BCUT2D eigenvalue weighted by Gasteiger charge is -2.23. The van der Waals surface area contributed by atoms with E-state index in [-0.39, 0.29) is 11.9 Å². The van der Waals surface area contributed by atoms with Gasteiger partial charge in [0.25, 0.3) is 0 Å². The number of rotatable bonds is 4. The van der Waals surface area contributed by atoms with Gasteiger partial charge in [0.15, 0.2) is 0 Å². The number of benzene rings is 2. The topological polar surface area (TPSA) is 12.0 Å². The zero-order valence-electron chi connectivity index (χ0n) is 12.3. The van der Waals surface area contributed by atoms with E-state index in [1.54, 1.807) is 6.07 Å². The molecule has 0 bridgehead atoms. The maximum atomic E-state index is 13.3. The van der Waals surface area contributed by atoms with Crippen LogP contribution in [0.3, 0.4) is 0 Å². The van der Waals surface area contributed by atoms with Crippen molar-refractivity contribution in [1.29, 1.82) is 0 Å². The normalized spacial score (nSPS) is 12.5. The summed E-state index contributed by atoms with van der Waals surface area (Å²) in [6.07, 6.45) is 0. The molecule has 0 aliphatic carbocycles. The highest BCUT2D eigenvalue weighted by atomic mass is 35.5. The molecule has 0 fully saturated rings. The molecule has 0 saturated heterocycles. The van der Waals surface area contributed by atoms with Gasteiger partial charge in [-0.05, 0) is 60.8 Å². The monoisotopic (exact) mass is 325 g/mol. The van der Waals surface area contributed by atoms with Crippen LogP contribution in [-0.2, 0) is 0 Å². The molecule has 0 radical (unpaired) electrons. The highest BCUT2D eigenvalue weighted by molar-refractivity contribution is 6.31. The first-order chi connectivity index (χ1) is 9.93. The molecular formula is C17H18Cl2FN. The van der Waals surface area contributed by atoms with Gasteiger partial charge in [-0.15, -0.1) is 0 Å². The Hall–Kier alpha value is -1.09. The average Bonchev–Trinajstić information content (AvgIpc) is 2.41. The molecule has 1 atom stereocenters. The van der Waals surface area contributed by atoms with E-state index in [4.69, 9.17) is 23.2 Å². The third-order valence-corrected chi connectivity index (χ3v) is 4.27. The van der Waals surface area contributed by atoms with Crippen LogP contribution in [0.15, 0.2) is 30.3 Å². The number of nitrogens with one attached hydrogen (secondary N) is 1. The third kappa shape index (κ3) is 3.57. The van der Waals surface area contributed by atoms with Gasteiger partial charge in [-0.25, -0.2) is 4.39 Å². The molecule has 1 N–H and O–H groups in total. The average molecular weight is 326 g/mol. The van der Waals surface area contributed by atoms with Crippen molar-refractivity contribution in [1.82, 2.24) is 5.32 Å². The Balaban J connectivity index is 2.55. The molecule has 0 spiro atoms. The molecule has 2 rings (SSSR count). The summed E-state index contributed by atoms with van der Waals surface area (Å²) in [6.45, 7) is 6.80. The van der Waals surface area contributed by atoms with E-state index in [1.807, 2.05) is 26.8 Å². The van der Waals surface area contributed by atoms with E-state index in [9.17, 15) is 4.39 Å². The Morgan fingerprint density at radius 1 is 1.00 bits per heavy atom. The summed E-state index contributed by atoms with van der Waals surface area (Å²) in [4.78, 5) is 0. The fourth-order valence-corrected chi connectivity index (χ4v) is 2.94.